The maximum absolute atomic E-state index is 12.4. The molecule has 0 aliphatic carbocycles. The van der Waals surface area contributed by atoms with Crippen molar-refractivity contribution in [3.05, 3.63) is 58.9 Å². The van der Waals surface area contributed by atoms with Gasteiger partial charge in [-0.05, 0) is 23.6 Å². The van der Waals surface area contributed by atoms with Gasteiger partial charge >= 0.3 is 0 Å². The maximum Gasteiger partial charge on any atom is 0.268 e. The van der Waals surface area contributed by atoms with Crippen LogP contribution in [0, 0.1) is 0 Å². The second kappa shape index (κ2) is 7.11. The Labute approximate surface area is 134 Å². The SMILES string of the molecule is CCc1ccc(C(CO)NC(=O)c2cc(C(N)=O)cn2C)cc1. The van der Waals surface area contributed by atoms with Crippen LogP contribution in [0.4, 0.5) is 0 Å². The minimum Gasteiger partial charge on any atom is -0.394 e. The fraction of sp³-hybridized carbons (Fsp3) is 0.294. The van der Waals surface area contributed by atoms with Gasteiger partial charge in [0.15, 0.2) is 0 Å². The van der Waals surface area contributed by atoms with E-state index in [4.69, 9.17) is 5.73 Å². The standard InChI is InChI=1S/C17H21N3O3/c1-3-11-4-6-12(7-5-11)14(10-21)19-17(23)15-8-13(16(18)22)9-20(15)2/h4-9,14,21H,3,10H2,1-2H3,(H2,18,22)(H,19,23). The normalized spacial score (nSPS) is 12.0. The number of primary amides is 1. The number of rotatable bonds is 6. The van der Waals surface area contributed by atoms with Gasteiger partial charge in [-0.1, -0.05) is 31.2 Å². The molecule has 2 aromatic rings. The second-order valence-corrected chi connectivity index (χ2v) is 5.39. The Morgan fingerprint density at radius 2 is 1.96 bits per heavy atom. The molecule has 0 saturated carbocycles. The van der Waals surface area contributed by atoms with Gasteiger partial charge in [-0.15, -0.1) is 0 Å². The first-order valence-electron chi connectivity index (χ1n) is 7.43. The summed E-state index contributed by atoms with van der Waals surface area (Å²) < 4.78 is 1.53. The van der Waals surface area contributed by atoms with Crippen LogP contribution in [0.15, 0.2) is 36.5 Å². The fourth-order valence-electron chi connectivity index (χ4n) is 2.38. The number of carbonyl (C=O) groups is 2. The summed E-state index contributed by atoms with van der Waals surface area (Å²) in [5.74, 6) is -0.966. The third-order valence-electron chi connectivity index (χ3n) is 3.80. The number of benzene rings is 1. The van der Waals surface area contributed by atoms with Crippen molar-refractivity contribution in [2.24, 2.45) is 12.8 Å². The van der Waals surface area contributed by atoms with Crippen LogP contribution in [-0.2, 0) is 13.5 Å². The zero-order valence-corrected chi connectivity index (χ0v) is 13.2. The molecule has 0 bridgehead atoms. The highest BCUT2D eigenvalue weighted by molar-refractivity contribution is 5.98. The Balaban J connectivity index is 2.17. The summed E-state index contributed by atoms with van der Waals surface area (Å²) >= 11 is 0. The summed E-state index contributed by atoms with van der Waals surface area (Å²) in [7, 11) is 1.66. The lowest BCUT2D eigenvalue weighted by atomic mass is 10.0. The lowest BCUT2D eigenvalue weighted by Crippen LogP contribution is -2.31. The predicted molar refractivity (Wildman–Crippen MR) is 87.0 cm³/mol. The van der Waals surface area contributed by atoms with E-state index in [1.165, 1.54) is 22.4 Å². The van der Waals surface area contributed by atoms with Gasteiger partial charge in [-0.2, -0.15) is 0 Å². The van der Waals surface area contributed by atoms with E-state index in [9.17, 15) is 14.7 Å². The first-order chi connectivity index (χ1) is 11.0. The maximum atomic E-state index is 12.4. The molecule has 0 aliphatic rings. The smallest absolute Gasteiger partial charge is 0.268 e. The van der Waals surface area contributed by atoms with Crippen molar-refractivity contribution >= 4 is 11.8 Å². The van der Waals surface area contributed by atoms with Crippen molar-refractivity contribution in [3.63, 3.8) is 0 Å². The summed E-state index contributed by atoms with van der Waals surface area (Å²) in [5, 5.41) is 12.3. The number of amides is 2. The molecule has 0 spiro atoms. The van der Waals surface area contributed by atoms with E-state index in [1.807, 2.05) is 24.3 Å². The molecule has 6 nitrogen and oxygen atoms in total. The van der Waals surface area contributed by atoms with E-state index in [1.54, 1.807) is 7.05 Å². The highest BCUT2D eigenvalue weighted by Crippen LogP contribution is 2.15. The highest BCUT2D eigenvalue weighted by atomic mass is 16.3. The van der Waals surface area contributed by atoms with Crippen molar-refractivity contribution in [1.29, 1.82) is 0 Å². The van der Waals surface area contributed by atoms with Crippen LogP contribution in [0.25, 0.3) is 0 Å². The number of aromatic nitrogens is 1. The summed E-state index contributed by atoms with van der Waals surface area (Å²) in [6.07, 6.45) is 2.43. The van der Waals surface area contributed by atoms with Crippen molar-refractivity contribution in [2.45, 2.75) is 19.4 Å². The van der Waals surface area contributed by atoms with E-state index in [0.29, 0.717) is 5.69 Å². The van der Waals surface area contributed by atoms with Crippen molar-refractivity contribution in [3.8, 4) is 0 Å². The largest absolute Gasteiger partial charge is 0.394 e. The molecule has 6 heteroatoms. The molecule has 0 fully saturated rings. The van der Waals surface area contributed by atoms with Gasteiger partial charge in [0.1, 0.15) is 5.69 Å². The van der Waals surface area contributed by atoms with Crippen LogP contribution >= 0.6 is 0 Å². The van der Waals surface area contributed by atoms with Gasteiger partial charge in [0.25, 0.3) is 5.91 Å². The number of nitrogens with one attached hydrogen (secondary N) is 1. The van der Waals surface area contributed by atoms with Crippen LogP contribution < -0.4 is 11.1 Å². The fourth-order valence-corrected chi connectivity index (χ4v) is 2.38. The summed E-state index contributed by atoms with van der Waals surface area (Å²) in [6.45, 7) is 1.84. The zero-order valence-electron chi connectivity index (χ0n) is 13.2. The van der Waals surface area contributed by atoms with Gasteiger partial charge < -0.3 is 20.7 Å². The molecule has 1 atom stereocenters. The van der Waals surface area contributed by atoms with Crippen molar-refractivity contribution < 1.29 is 14.7 Å². The monoisotopic (exact) mass is 315 g/mol. The number of nitrogens with two attached hydrogens (primary N) is 1. The van der Waals surface area contributed by atoms with Crippen LogP contribution in [0.1, 0.15) is 44.9 Å². The van der Waals surface area contributed by atoms with Crippen LogP contribution in [0.5, 0.6) is 0 Å². The average Bonchev–Trinajstić information content (AvgIpc) is 2.95. The third-order valence-corrected chi connectivity index (χ3v) is 3.80. The quantitative estimate of drug-likeness (QED) is 0.746. The number of aliphatic hydroxyl groups excluding tert-OH is 1. The Bertz CT molecular complexity index is 704. The van der Waals surface area contributed by atoms with Gasteiger partial charge in [-0.3, -0.25) is 9.59 Å². The predicted octanol–water partition coefficient (Wildman–Crippen LogP) is 1.15. The number of hydrogen-bond donors (Lipinski definition) is 3. The number of aliphatic hydroxyl groups is 1. The van der Waals surface area contributed by atoms with Gasteiger partial charge in [0.2, 0.25) is 5.91 Å². The molecule has 23 heavy (non-hydrogen) atoms. The molecule has 1 aromatic carbocycles. The zero-order chi connectivity index (χ0) is 17.0. The van der Waals surface area contributed by atoms with E-state index in [2.05, 4.69) is 12.2 Å². The highest BCUT2D eigenvalue weighted by Gasteiger charge is 2.18. The Hall–Kier alpha value is -2.60. The topological polar surface area (TPSA) is 97.3 Å². The minimum atomic E-state index is -0.589. The number of carbonyl (C=O) groups excluding carboxylic acids is 2. The first-order valence-corrected chi connectivity index (χ1v) is 7.43. The van der Waals surface area contributed by atoms with Gasteiger partial charge in [0, 0.05) is 13.2 Å². The van der Waals surface area contributed by atoms with Crippen molar-refractivity contribution in [1.82, 2.24) is 9.88 Å². The first kappa shape index (κ1) is 16.8. The molecule has 1 heterocycles. The second-order valence-electron chi connectivity index (χ2n) is 5.39. The molecular weight excluding hydrogens is 294 g/mol. The van der Waals surface area contributed by atoms with Crippen molar-refractivity contribution in [2.75, 3.05) is 6.61 Å². The van der Waals surface area contributed by atoms with E-state index < -0.39 is 11.9 Å². The van der Waals surface area contributed by atoms with Crippen LogP contribution in [-0.4, -0.2) is 28.1 Å². The molecule has 0 aliphatic heterocycles. The third kappa shape index (κ3) is 3.78. The molecule has 2 rings (SSSR count). The molecule has 1 aromatic heterocycles. The van der Waals surface area contributed by atoms with E-state index >= 15 is 0 Å². The summed E-state index contributed by atoms with van der Waals surface area (Å²) in [4.78, 5) is 23.6. The Kier molecular flexibility index (Phi) is 5.18. The van der Waals surface area contributed by atoms with Gasteiger partial charge in [0.05, 0.1) is 18.2 Å². The minimum absolute atomic E-state index is 0.218. The molecular formula is C17H21N3O3. The van der Waals surface area contributed by atoms with Crippen LogP contribution in [0.3, 0.4) is 0 Å². The average molecular weight is 315 g/mol. The molecule has 4 N–H and O–H groups in total. The lowest BCUT2D eigenvalue weighted by Gasteiger charge is -2.17. The van der Waals surface area contributed by atoms with Crippen LogP contribution in [0.2, 0.25) is 0 Å². The van der Waals surface area contributed by atoms with E-state index in [0.717, 1.165) is 12.0 Å². The van der Waals surface area contributed by atoms with Gasteiger partial charge in [-0.25, -0.2) is 0 Å². The molecule has 0 saturated heterocycles. The molecule has 0 radical (unpaired) electrons. The lowest BCUT2D eigenvalue weighted by molar-refractivity contribution is 0.0907. The number of hydrogen-bond acceptors (Lipinski definition) is 3. The molecule has 122 valence electrons. The Morgan fingerprint density at radius 3 is 2.43 bits per heavy atom. The number of aryl methyl sites for hydroxylation is 2. The van der Waals surface area contributed by atoms with E-state index in [-0.39, 0.29) is 18.1 Å². The molecule has 2 amide bonds. The summed E-state index contributed by atoms with van der Waals surface area (Å²) in [5.41, 5.74) is 7.80. The molecule has 1 unspecified atom stereocenters. The number of nitrogens with zero attached hydrogens (tertiary/aromatic N) is 1. The Morgan fingerprint density at radius 1 is 1.30 bits per heavy atom. The summed E-state index contributed by atoms with van der Waals surface area (Å²) in [6, 6.07) is 8.64.